The normalized spacial score (nSPS) is 12.5. The molecule has 0 atom stereocenters. The molecule has 0 heterocycles. The monoisotopic (exact) mass is 241 g/mol. The Balaban J connectivity index is 3.01. The first-order valence-electron chi connectivity index (χ1n) is 5.23. The Morgan fingerprint density at radius 1 is 1.19 bits per heavy atom. The molecule has 0 fully saturated rings. The molecule has 0 aliphatic heterocycles. The van der Waals surface area contributed by atoms with Crippen molar-refractivity contribution in [3.05, 3.63) is 29.8 Å². The van der Waals surface area contributed by atoms with E-state index < -0.39 is 10.0 Å². The van der Waals surface area contributed by atoms with Crippen LogP contribution in [0.2, 0.25) is 0 Å². The number of hydrogen-bond donors (Lipinski definition) is 1. The third kappa shape index (κ3) is 4.66. The van der Waals surface area contributed by atoms with Crippen LogP contribution in [0, 0.1) is 5.41 Å². The minimum Gasteiger partial charge on any atom is -0.284 e. The van der Waals surface area contributed by atoms with E-state index >= 15 is 0 Å². The SMILES string of the molecule is CC(C)(C)Cc1ccccc1NS(C)(=O)=O. The Morgan fingerprint density at radius 3 is 2.25 bits per heavy atom. The van der Waals surface area contributed by atoms with Gasteiger partial charge in [-0.3, -0.25) is 4.72 Å². The van der Waals surface area contributed by atoms with Crippen LogP contribution >= 0.6 is 0 Å². The number of nitrogens with one attached hydrogen (secondary N) is 1. The van der Waals surface area contributed by atoms with Gasteiger partial charge in [-0.15, -0.1) is 0 Å². The minimum atomic E-state index is -3.21. The van der Waals surface area contributed by atoms with E-state index in [-0.39, 0.29) is 5.41 Å². The molecule has 0 aliphatic carbocycles. The number of anilines is 1. The van der Waals surface area contributed by atoms with Crippen molar-refractivity contribution in [2.45, 2.75) is 27.2 Å². The van der Waals surface area contributed by atoms with Crippen molar-refractivity contribution in [1.29, 1.82) is 0 Å². The molecule has 1 rings (SSSR count). The Bertz CT molecular complexity index is 458. The van der Waals surface area contributed by atoms with E-state index in [9.17, 15) is 8.42 Å². The summed E-state index contributed by atoms with van der Waals surface area (Å²) in [5.74, 6) is 0. The van der Waals surface area contributed by atoms with Gasteiger partial charge in [0.25, 0.3) is 0 Å². The van der Waals surface area contributed by atoms with E-state index in [4.69, 9.17) is 0 Å². The molecule has 0 saturated carbocycles. The van der Waals surface area contributed by atoms with E-state index in [1.54, 1.807) is 6.07 Å². The number of para-hydroxylation sites is 1. The van der Waals surface area contributed by atoms with Gasteiger partial charge >= 0.3 is 0 Å². The molecule has 0 radical (unpaired) electrons. The second kappa shape index (κ2) is 4.45. The smallest absolute Gasteiger partial charge is 0.229 e. The predicted octanol–water partition coefficient (Wildman–Crippen LogP) is 2.65. The lowest BCUT2D eigenvalue weighted by atomic mass is 9.87. The van der Waals surface area contributed by atoms with Crippen molar-refractivity contribution >= 4 is 15.7 Å². The van der Waals surface area contributed by atoms with Crippen LogP contribution in [0.25, 0.3) is 0 Å². The lowest BCUT2D eigenvalue weighted by molar-refractivity contribution is 0.412. The van der Waals surface area contributed by atoms with E-state index in [1.807, 2.05) is 18.2 Å². The zero-order valence-corrected chi connectivity index (χ0v) is 11.1. The van der Waals surface area contributed by atoms with Crippen molar-refractivity contribution in [2.75, 3.05) is 11.0 Å². The van der Waals surface area contributed by atoms with Crippen LogP contribution in [0.4, 0.5) is 5.69 Å². The van der Waals surface area contributed by atoms with Crippen molar-refractivity contribution in [3.63, 3.8) is 0 Å². The molecular formula is C12H19NO2S. The van der Waals surface area contributed by atoms with Crippen molar-refractivity contribution in [2.24, 2.45) is 5.41 Å². The fraction of sp³-hybridized carbons (Fsp3) is 0.500. The molecule has 0 unspecified atom stereocenters. The van der Waals surface area contributed by atoms with E-state index in [1.165, 1.54) is 6.26 Å². The Hall–Kier alpha value is -1.03. The van der Waals surface area contributed by atoms with E-state index in [0.717, 1.165) is 12.0 Å². The Kier molecular flexibility index (Phi) is 3.63. The average molecular weight is 241 g/mol. The van der Waals surface area contributed by atoms with Gasteiger partial charge in [0.1, 0.15) is 0 Å². The molecular weight excluding hydrogens is 222 g/mol. The van der Waals surface area contributed by atoms with Crippen molar-refractivity contribution in [3.8, 4) is 0 Å². The standard InChI is InChI=1S/C12H19NO2S/c1-12(2,3)9-10-7-5-6-8-11(10)13-16(4,14)15/h5-8,13H,9H2,1-4H3. The summed E-state index contributed by atoms with van der Waals surface area (Å²) in [4.78, 5) is 0. The topological polar surface area (TPSA) is 46.2 Å². The van der Waals surface area contributed by atoms with Gasteiger partial charge in [0.05, 0.1) is 11.9 Å². The van der Waals surface area contributed by atoms with Gasteiger partial charge in [0.15, 0.2) is 0 Å². The summed E-state index contributed by atoms with van der Waals surface area (Å²) in [6, 6.07) is 7.51. The number of benzene rings is 1. The van der Waals surface area contributed by atoms with E-state index in [0.29, 0.717) is 5.69 Å². The number of hydrogen-bond acceptors (Lipinski definition) is 2. The summed E-state index contributed by atoms with van der Waals surface area (Å²) in [6.45, 7) is 6.39. The second-order valence-electron chi connectivity index (χ2n) is 5.27. The minimum absolute atomic E-state index is 0.134. The first-order chi connectivity index (χ1) is 7.17. The fourth-order valence-corrected chi connectivity index (χ4v) is 2.14. The molecule has 1 N–H and O–H groups in total. The first-order valence-corrected chi connectivity index (χ1v) is 7.12. The molecule has 0 saturated heterocycles. The maximum absolute atomic E-state index is 11.2. The summed E-state index contributed by atoms with van der Waals surface area (Å²) in [7, 11) is -3.21. The summed E-state index contributed by atoms with van der Waals surface area (Å²) in [5, 5.41) is 0. The quantitative estimate of drug-likeness (QED) is 0.884. The highest BCUT2D eigenvalue weighted by molar-refractivity contribution is 7.92. The molecule has 16 heavy (non-hydrogen) atoms. The van der Waals surface area contributed by atoms with Crippen LogP contribution in [0.3, 0.4) is 0 Å². The van der Waals surface area contributed by atoms with Gasteiger partial charge in [-0.1, -0.05) is 39.0 Å². The molecule has 1 aromatic rings. The van der Waals surface area contributed by atoms with Crippen LogP contribution in [0.1, 0.15) is 26.3 Å². The molecule has 0 amide bonds. The van der Waals surface area contributed by atoms with Crippen molar-refractivity contribution in [1.82, 2.24) is 0 Å². The maximum atomic E-state index is 11.2. The highest BCUT2D eigenvalue weighted by Crippen LogP contribution is 2.26. The molecule has 0 aliphatic rings. The third-order valence-electron chi connectivity index (χ3n) is 2.03. The lowest BCUT2D eigenvalue weighted by Crippen LogP contribution is -2.15. The third-order valence-corrected chi connectivity index (χ3v) is 2.62. The maximum Gasteiger partial charge on any atom is 0.229 e. The number of rotatable bonds is 3. The molecule has 1 aromatic carbocycles. The average Bonchev–Trinajstić information content (AvgIpc) is 2.03. The summed E-state index contributed by atoms with van der Waals surface area (Å²) < 4.78 is 25.0. The fourth-order valence-electron chi connectivity index (χ4n) is 1.55. The summed E-state index contributed by atoms with van der Waals surface area (Å²) in [6.07, 6.45) is 2.01. The second-order valence-corrected chi connectivity index (χ2v) is 7.02. The van der Waals surface area contributed by atoms with Crippen LogP contribution < -0.4 is 4.72 Å². The predicted molar refractivity (Wildman–Crippen MR) is 68.1 cm³/mol. The Morgan fingerprint density at radius 2 is 1.75 bits per heavy atom. The molecule has 0 aromatic heterocycles. The zero-order chi connectivity index (χ0) is 12.4. The molecule has 3 nitrogen and oxygen atoms in total. The zero-order valence-electron chi connectivity index (χ0n) is 10.2. The largest absolute Gasteiger partial charge is 0.284 e. The van der Waals surface area contributed by atoms with Gasteiger partial charge in [-0.2, -0.15) is 0 Å². The van der Waals surface area contributed by atoms with Crippen LogP contribution in [-0.4, -0.2) is 14.7 Å². The van der Waals surface area contributed by atoms with Crippen LogP contribution in [0.15, 0.2) is 24.3 Å². The molecule has 0 bridgehead atoms. The molecule has 0 spiro atoms. The number of sulfonamides is 1. The van der Waals surface area contributed by atoms with Crippen LogP contribution in [0.5, 0.6) is 0 Å². The van der Waals surface area contributed by atoms with E-state index in [2.05, 4.69) is 25.5 Å². The van der Waals surface area contributed by atoms with Gasteiger partial charge in [0.2, 0.25) is 10.0 Å². The lowest BCUT2D eigenvalue weighted by Gasteiger charge is -2.20. The summed E-state index contributed by atoms with van der Waals surface area (Å²) >= 11 is 0. The first kappa shape index (κ1) is 13.0. The van der Waals surface area contributed by atoms with Crippen LogP contribution in [-0.2, 0) is 16.4 Å². The van der Waals surface area contributed by atoms with Gasteiger partial charge in [-0.25, -0.2) is 8.42 Å². The van der Waals surface area contributed by atoms with Gasteiger partial charge in [-0.05, 0) is 23.5 Å². The molecule has 4 heteroatoms. The highest BCUT2D eigenvalue weighted by atomic mass is 32.2. The molecule has 90 valence electrons. The van der Waals surface area contributed by atoms with Gasteiger partial charge in [0, 0.05) is 0 Å². The summed E-state index contributed by atoms with van der Waals surface area (Å²) in [5.41, 5.74) is 1.84. The van der Waals surface area contributed by atoms with Crippen molar-refractivity contribution < 1.29 is 8.42 Å². The Labute approximate surface area is 97.9 Å². The highest BCUT2D eigenvalue weighted by Gasteiger charge is 2.15. The van der Waals surface area contributed by atoms with Gasteiger partial charge < -0.3 is 0 Å².